The molecule has 0 radical (unpaired) electrons. The highest BCUT2D eigenvalue weighted by Gasteiger charge is 2.03. The lowest BCUT2D eigenvalue weighted by atomic mass is 10.1. The lowest BCUT2D eigenvalue weighted by Crippen LogP contribution is -1.99. The molecule has 20 heavy (non-hydrogen) atoms. The Hall–Kier alpha value is -2.38. The van der Waals surface area contributed by atoms with Crippen LogP contribution in [0.15, 0.2) is 36.7 Å². The maximum absolute atomic E-state index is 13.0. The molecule has 0 saturated heterocycles. The highest BCUT2D eigenvalue weighted by atomic mass is 19.1. The number of hydrogen-bond acceptors (Lipinski definition) is 3. The fourth-order valence-electron chi connectivity index (χ4n) is 1.71. The standard InChI is InChI=1S/C16H15FN2O/c1-12-4-5-16(14(7-12)3-2-6-18)20-11-13-8-15(17)10-19-9-13/h4-5,7-10H,6,11,18H2,1H3. The van der Waals surface area contributed by atoms with Crippen LogP contribution in [0.4, 0.5) is 4.39 Å². The summed E-state index contributed by atoms with van der Waals surface area (Å²) in [6, 6.07) is 7.11. The van der Waals surface area contributed by atoms with Crippen LogP contribution in [0.2, 0.25) is 0 Å². The molecular weight excluding hydrogens is 255 g/mol. The Labute approximate surface area is 117 Å². The van der Waals surface area contributed by atoms with Gasteiger partial charge in [0.1, 0.15) is 18.2 Å². The first-order chi connectivity index (χ1) is 9.69. The van der Waals surface area contributed by atoms with Crippen molar-refractivity contribution in [2.75, 3.05) is 6.54 Å². The SMILES string of the molecule is Cc1ccc(OCc2cncc(F)c2)c(C#CCN)c1. The molecule has 0 atom stereocenters. The summed E-state index contributed by atoms with van der Waals surface area (Å²) in [7, 11) is 0. The van der Waals surface area contributed by atoms with Gasteiger partial charge in [-0.2, -0.15) is 0 Å². The second kappa shape index (κ2) is 6.69. The van der Waals surface area contributed by atoms with Crippen molar-refractivity contribution in [1.29, 1.82) is 0 Å². The molecule has 2 N–H and O–H groups in total. The fourth-order valence-corrected chi connectivity index (χ4v) is 1.71. The quantitative estimate of drug-likeness (QED) is 0.871. The van der Waals surface area contributed by atoms with Gasteiger partial charge >= 0.3 is 0 Å². The third kappa shape index (κ3) is 3.81. The van der Waals surface area contributed by atoms with Crippen LogP contribution in [-0.4, -0.2) is 11.5 Å². The van der Waals surface area contributed by atoms with Crippen LogP contribution in [0.1, 0.15) is 16.7 Å². The Bertz CT molecular complexity index is 659. The van der Waals surface area contributed by atoms with Crippen LogP contribution in [0, 0.1) is 24.6 Å². The summed E-state index contributed by atoms with van der Waals surface area (Å²) in [5.41, 5.74) is 7.92. The van der Waals surface area contributed by atoms with Gasteiger partial charge in [-0.1, -0.05) is 17.9 Å². The van der Waals surface area contributed by atoms with E-state index in [1.807, 2.05) is 25.1 Å². The Morgan fingerprint density at radius 2 is 2.15 bits per heavy atom. The molecular formula is C16H15FN2O. The zero-order chi connectivity index (χ0) is 14.4. The zero-order valence-corrected chi connectivity index (χ0v) is 11.2. The highest BCUT2D eigenvalue weighted by molar-refractivity contribution is 5.48. The molecule has 4 heteroatoms. The van der Waals surface area contributed by atoms with Gasteiger partial charge in [-0.3, -0.25) is 4.98 Å². The van der Waals surface area contributed by atoms with Crippen molar-refractivity contribution in [2.24, 2.45) is 5.73 Å². The number of rotatable bonds is 3. The van der Waals surface area contributed by atoms with Crippen molar-refractivity contribution in [1.82, 2.24) is 4.98 Å². The molecule has 0 unspecified atom stereocenters. The third-order valence-corrected chi connectivity index (χ3v) is 2.62. The molecule has 1 aromatic carbocycles. The number of benzene rings is 1. The van der Waals surface area contributed by atoms with E-state index in [-0.39, 0.29) is 12.4 Å². The molecule has 0 saturated carbocycles. The lowest BCUT2D eigenvalue weighted by Gasteiger charge is -2.09. The highest BCUT2D eigenvalue weighted by Crippen LogP contribution is 2.20. The van der Waals surface area contributed by atoms with E-state index >= 15 is 0 Å². The molecule has 0 aliphatic heterocycles. The number of nitrogens with zero attached hydrogens (tertiary/aromatic N) is 1. The molecule has 1 aromatic heterocycles. The number of ether oxygens (including phenoxy) is 1. The van der Waals surface area contributed by atoms with Crippen molar-refractivity contribution in [3.63, 3.8) is 0 Å². The van der Waals surface area contributed by atoms with Crippen LogP contribution >= 0.6 is 0 Å². The van der Waals surface area contributed by atoms with Gasteiger partial charge in [-0.15, -0.1) is 0 Å². The summed E-state index contributed by atoms with van der Waals surface area (Å²) in [5.74, 6) is 6.05. The normalized spacial score (nSPS) is 9.75. The van der Waals surface area contributed by atoms with E-state index in [0.29, 0.717) is 17.9 Å². The Morgan fingerprint density at radius 1 is 1.30 bits per heavy atom. The molecule has 2 aromatic rings. The summed E-state index contributed by atoms with van der Waals surface area (Å²) in [5, 5.41) is 0. The average Bonchev–Trinajstić information content (AvgIpc) is 2.44. The molecule has 102 valence electrons. The molecule has 3 nitrogen and oxygen atoms in total. The molecule has 0 spiro atoms. The van der Waals surface area contributed by atoms with E-state index in [1.54, 1.807) is 6.20 Å². The van der Waals surface area contributed by atoms with Crippen molar-refractivity contribution < 1.29 is 9.13 Å². The van der Waals surface area contributed by atoms with Gasteiger partial charge in [-0.25, -0.2) is 4.39 Å². The number of pyridine rings is 1. The summed E-state index contributed by atoms with van der Waals surface area (Å²) < 4.78 is 18.7. The monoisotopic (exact) mass is 270 g/mol. The molecule has 1 heterocycles. The van der Waals surface area contributed by atoms with Crippen molar-refractivity contribution in [2.45, 2.75) is 13.5 Å². The molecule has 0 amide bonds. The topological polar surface area (TPSA) is 48.1 Å². The predicted molar refractivity (Wildman–Crippen MR) is 75.6 cm³/mol. The summed E-state index contributed by atoms with van der Waals surface area (Å²) >= 11 is 0. The molecule has 2 rings (SSSR count). The fraction of sp³-hybridized carbons (Fsp3) is 0.188. The Morgan fingerprint density at radius 3 is 2.90 bits per heavy atom. The maximum atomic E-state index is 13.0. The number of nitrogens with two attached hydrogens (primary N) is 1. The molecule has 0 fully saturated rings. The largest absolute Gasteiger partial charge is 0.488 e. The predicted octanol–water partition coefficient (Wildman–Crippen LogP) is 2.42. The van der Waals surface area contributed by atoms with Gasteiger partial charge in [0.25, 0.3) is 0 Å². The van der Waals surface area contributed by atoms with E-state index in [2.05, 4.69) is 16.8 Å². The Kier molecular flexibility index (Phi) is 4.70. The van der Waals surface area contributed by atoms with Crippen molar-refractivity contribution in [3.05, 3.63) is 59.2 Å². The first-order valence-corrected chi connectivity index (χ1v) is 6.21. The zero-order valence-electron chi connectivity index (χ0n) is 11.2. The first-order valence-electron chi connectivity index (χ1n) is 6.21. The minimum Gasteiger partial charge on any atom is -0.488 e. The molecule has 0 bridgehead atoms. The second-order valence-electron chi connectivity index (χ2n) is 4.31. The van der Waals surface area contributed by atoms with Gasteiger partial charge in [-0.05, 0) is 30.7 Å². The van der Waals surface area contributed by atoms with E-state index in [4.69, 9.17) is 10.5 Å². The maximum Gasteiger partial charge on any atom is 0.141 e. The molecule has 0 aliphatic rings. The van der Waals surface area contributed by atoms with Crippen LogP contribution in [-0.2, 0) is 6.61 Å². The number of aryl methyl sites for hydroxylation is 1. The minimum absolute atomic E-state index is 0.241. The molecule has 0 aliphatic carbocycles. The summed E-state index contributed by atoms with van der Waals surface area (Å²) in [6.45, 7) is 2.51. The van der Waals surface area contributed by atoms with Gasteiger partial charge < -0.3 is 10.5 Å². The van der Waals surface area contributed by atoms with Crippen LogP contribution in [0.5, 0.6) is 5.75 Å². The smallest absolute Gasteiger partial charge is 0.141 e. The average molecular weight is 270 g/mol. The third-order valence-electron chi connectivity index (χ3n) is 2.62. The van der Waals surface area contributed by atoms with E-state index < -0.39 is 0 Å². The van der Waals surface area contributed by atoms with Gasteiger partial charge in [0.2, 0.25) is 0 Å². The van der Waals surface area contributed by atoms with Gasteiger partial charge in [0.15, 0.2) is 0 Å². The van der Waals surface area contributed by atoms with Crippen molar-refractivity contribution >= 4 is 0 Å². The summed E-state index contributed by atoms with van der Waals surface area (Å²) in [4.78, 5) is 3.78. The van der Waals surface area contributed by atoms with Gasteiger partial charge in [0.05, 0.1) is 18.3 Å². The van der Waals surface area contributed by atoms with E-state index in [1.165, 1.54) is 6.07 Å². The Balaban J connectivity index is 2.16. The van der Waals surface area contributed by atoms with Crippen LogP contribution in [0.3, 0.4) is 0 Å². The van der Waals surface area contributed by atoms with E-state index in [9.17, 15) is 4.39 Å². The number of halogens is 1. The minimum atomic E-state index is -0.377. The first kappa shape index (κ1) is 14.0. The lowest BCUT2D eigenvalue weighted by molar-refractivity contribution is 0.304. The van der Waals surface area contributed by atoms with Crippen LogP contribution < -0.4 is 10.5 Å². The van der Waals surface area contributed by atoms with E-state index in [0.717, 1.165) is 17.3 Å². The number of aromatic nitrogens is 1. The number of hydrogen-bond donors (Lipinski definition) is 1. The second-order valence-corrected chi connectivity index (χ2v) is 4.31. The summed E-state index contributed by atoms with van der Waals surface area (Å²) in [6.07, 6.45) is 2.73. The van der Waals surface area contributed by atoms with Gasteiger partial charge in [0, 0.05) is 11.8 Å². The van der Waals surface area contributed by atoms with Crippen LogP contribution in [0.25, 0.3) is 0 Å². The van der Waals surface area contributed by atoms with Crippen molar-refractivity contribution in [3.8, 4) is 17.6 Å².